The number of carboxylic acids is 1. The van der Waals surface area contributed by atoms with Crippen LogP contribution in [0.1, 0.15) is 5.56 Å². The minimum absolute atomic E-state index is 0.0468. The van der Waals surface area contributed by atoms with E-state index in [4.69, 9.17) is 9.84 Å². The first kappa shape index (κ1) is 15.0. The van der Waals surface area contributed by atoms with E-state index in [9.17, 15) is 13.2 Å². The number of sulfonamides is 1. The molecule has 1 N–H and O–H groups in total. The summed E-state index contributed by atoms with van der Waals surface area (Å²) in [6, 6.07) is 8.15. The molecule has 2 rings (SSSR count). The fourth-order valence-corrected chi connectivity index (χ4v) is 3.67. The van der Waals surface area contributed by atoms with Crippen LogP contribution >= 0.6 is 0 Å². The first-order valence-electron chi connectivity index (χ1n) is 6.22. The van der Waals surface area contributed by atoms with Crippen LogP contribution in [-0.2, 0) is 25.3 Å². The van der Waals surface area contributed by atoms with E-state index in [1.165, 1.54) is 7.05 Å². The molecule has 1 heterocycles. The van der Waals surface area contributed by atoms with Crippen molar-refractivity contribution in [2.75, 3.05) is 20.3 Å². The fraction of sp³-hybridized carbons (Fsp3) is 0.462. The standard InChI is InChI=1S/C13H17NO5S/c1-14(12-8-19-7-11(12)13(15)16)20(17,18)9-10-5-3-2-4-6-10/h2-6,11-12H,7-9H2,1H3,(H,15,16). The minimum atomic E-state index is -3.57. The Labute approximate surface area is 118 Å². The first-order valence-corrected chi connectivity index (χ1v) is 7.83. The van der Waals surface area contributed by atoms with E-state index in [-0.39, 0.29) is 19.0 Å². The maximum atomic E-state index is 12.3. The number of likely N-dealkylation sites (N-methyl/N-ethyl adjacent to an activating group) is 1. The SMILES string of the molecule is CN(C1COCC1C(=O)O)S(=O)(=O)Cc1ccccc1. The van der Waals surface area contributed by atoms with Gasteiger partial charge in [-0.05, 0) is 5.56 Å². The van der Waals surface area contributed by atoms with Crippen LogP contribution in [0.3, 0.4) is 0 Å². The molecule has 2 atom stereocenters. The van der Waals surface area contributed by atoms with Gasteiger partial charge < -0.3 is 9.84 Å². The van der Waals surface area contributed by atoms with E-state index in [0.717, 1.165) is 4.31 Å². The molecule has 0 amide bonds. The van der Waals surface area contributed by atoms with Crippen LogP contribution in [0.15, 0.2) is 30.3 Å². The molecular formula is C13H17NO5S. The summed E-state index contributed by atoms with van der Waals surface area (Å²) in [6.07, 6.45) is 0. The summed E-state index contributed by atoms with van der Waals surface area (Å²) in [5, 5.41) is 9.09. The van der Waals surface area contributed by atoms with Crippen molar-refractivity contribution in [3.05, 3.63) is 35.9 Å². The lowest BCUT2D eigenvalue weighted by atomic mass is 10.1. The van der Waals surface area contributed by atoms with Gasteiger partial charge in [0, 0.05) is 7.05 Å². The maximum Gasteiger partial charge on any atom is 0.310 e. The zero-order valence-electron chi connectivity index (χ0n) is 11.1. The highest BCUT2D eigenvalue weighted by Crippen LogP contribution is 2.23. The Kier molecular flexibility index (Phi) is 4.42. The summed E-state index contributed by atoms with van der Waals surface area (Å²) < 4.78 is 30.9. The number of aliphatic carboxylic acids is 1. The number of hydrogen-bond donors (Lipinski definition) is 1. The third-order valence-electron chi connectivity index (χ3n) is 3.47. The molecule has 0 spiro atoms. The van der Waals surface area contributed by atoms with Gasteiger partial charge in [-0.2, -0.15) is 4.31 Å². The van der Waals surface area contributed by atoms with Crippen LogP contribution in [0.2, 0.25) is 0 Å². The molecule has 1 saturated heterocycles. The van der Waals surface area contributed by atoms with Crippen molar-refractivity contribution in [3.8, 4) is 0 Å². The molecule has 0 aliphatic carbocycles. The van der Waals surface area contributed by atoms with Crippen LogP contribution < -0.4 is 0 Å². The van der Waals surface area contributed by atoms with Crippen molar-refractivity contribution in [2.24, 2.45) is 5.92 Å². The Hall–Kier alpha value is -1.44. The lowest BCUT2D eigenvalue weighted by Gasteiger charge is -2.25. The summed E-state index contributed by atoms with van der Waals surface area (Å²) in [6.45, 7) is 0.159. The van der Waals surface area contributed by atoms with E-state index in [1.54, 1.807) is 24.3 Å². The number of rotatable bonds is 5. The van der Waals surface area contributed by atoms with E-state index < -0.39 is 28.0 Å². The van der Waals surface area contributed by atoms with Crippen molar-refractivity contribution < 1.29 is 23.1 Å². The Morgan fingerprint density at radius 2 is 2.00 bits per heavy atom. The molecule has 0 aromatic heterocycles. The lowest BCUT2D eigenvalue weighted by molar-refractivity contribution is -0.142. The number of ether oxygens (including phenoxy) is 1. The molecule has 20 heavy (non-hydrogen) atoms. The predicted molar refractivity (Wildman–Crippen MR) is 72.6 cm³/mol. The van der Waals surface area contributed by atoms with Crippen molar-refractivity contribution in [3.63, 3.8) is 0 Å². The van der Waals surface area contributed by atoms with Crippen LogP contribution in [0.5, 0.6) is 0 Å². The Morgan fingerprint density at radius 3 is 2.60 bits per heavy atom. The monoisotopic (exact) mass is 299 g/mol. The van der Waals surface area contributed by atoms with Crippen LogP contribution in [-0.4, -0.2) is 50.1 Å². The largest absolute Gasteiger partial charge is 0.481 e. The second-order valence-electron chi connectivity index (χ2n) is 4.81. The summed E-state index contributed by atoms with van der Waals surface area (Å²) in [4.78, 5) is 11.1. The van der Waals surface area contributed by atoms with Crippen LogP contribution in [0.25, 0.3) is 0 Å². The Bertz CT molecular complexity index is 572. The zero-order chi connectivity index (χ0) is 14.8. The third-order valence-corrected chi connectivity index (χ3v) is 5.31. The number of carbonyl (C=O) groups is 1. The minimum Gasteiger partial charge on any atom is -0.481 e. The quantitative estimate of drug-likeness (QED) is 0.858. The fourth-order valence-electron chi connectivity index (χ4n) is 2.23. The number of nitrogens with zero attached hydrogens (tertiary/aromatic N) is 1. The summed E-state index contributed by atoms with van der Waals surface area (Å²) in [5.74, 6) is -1.99. The zero-order valence-corrected chi connectivity index (χ0v) is 11.9. The number of hydrogen-bond acceptors (Lipinski definition) is 4. The summed E-state index contributed by atoms with van der Waals surface area (Å²) >= 11 is 0. The second kappa shape index (κ2) is 5.90. The number of benzene rings is 1. The van der Waals surface area contributed by atoms with E-state index in [2.05, 4.69) is 0 Å². The molecule has 1 aliphatic rings. The van der Waals surface area contributed by atoms with Gasteiger partial charge in [-0.1, -0.05) is 30.3 Å². The molecule has 6 nitrogen and oxygen atoms in total. The average molecular weight is 299 g/mol. The van der Waals surface area contributed by atoms with Crippen molar-refractivity contribution >= 4 is 16.0 Å². The van der Waals surface area contributed by atoms with Crippen LogP contribution in [0, 0.1) is 5.92 Å². The normalized spacial score (nSPS) is 23.1. The second-order valence-corrected chi connectivity index (χ2v) is 6.84. The van der Waals surface area contributed by atoms with Gasteiger partial charge in [-0.25, -0.2) is 8.42 Å². The van der Waals surface area contributed by atoms with E-state index in [1.807, 2.05) is 6.07 Å². The van der Waals surface area contributed by atoms with Crippen molar-refractivity contribution in [1.82, 2.24) is 4.31 Å². The lowest BCUT2D eigenvalue weighted by Crippen LogP contribution is -2.44. The smallest absolute Gasteiger partial charge is 0.310 e. The highest BCUT2D eigenvalue weighted by molar-refractivity contribution is 7.88. The predicted octanol–water partition coefficient (Wildman–Crippen LogP) is 0.548. The van der Waals surface area contributed by atoms with Gasteiger partial charge >= 0.3 is 5.97 Å². The van der Waals surface area contributed by atoms with E-state index in [0.29, 0.717) is 5.56 Å². The molecule has 2 unspecified atom stereocenters. The molecule has 1 aliphatic heterocycles. The highest BCUT2D eigenvalue weighted by atomic mass is 32.2. The molecule has 110 valence electrons. The number of carboxylic acid groups (broad SMARTS) is 1. The van der Waals surface area contributed by atoms with Gasteiger partial charge in [0.2, 0.25) is 10.0 Å². The molecule has 1 aromatic rings. The summed E-state index contributed by atoms with van der Waals surface area (Å²) in [5.41, 5.74) is 0.671. The van der Waals surface area contributed by atoms with Crippen LogP contribution in [0.4, 0.5) is 0 Å². The van der Waals surface area contributed by atoms with Gasteiger partial charge in [0.25, 0.3) is 0 Å². The molecule has 1 fully saturated rings. The maximum absolute atomic E-state index is 12.3. The summed E-state index contributed by atoms with van der Waals surface area (Å²) in [7, 11) is -2.16. The molecular weight excluding hydrogens is 282 g/mol. The van der Waals surface area contributed by atoms with E-state index >= 15 is 0 Å². The first-order chi connectivity index (χ1) is 9.42. The van der Waals surface area contributed by atoms with Gasteiger partial charge in [0.05, 0.1) is 30.9 Å². The Morgan fingerprint density at radius 1 is 1.35 bits per heavy atom. The van der Waals surface area contributed by atoms with Gasteiger partial charge in [-0.3, -0.25) is 4.79 Å². The van der Waals surface area contributed by atoms with Gasteiger partial charge in [-0.15, -0.1) is 0 Å². The molecule has 0 radical (unpaired) electrons. The average Bonchev–Trinajstić information content (AvgIpc) is 2.87. The Balaban J connectivity index is 2.15. The molecule has 1 aromatic carbocycles. The van der Waals surface area contributed by atoms with Crippen molar-refractivity contribution in [2.45, 2.75) is 11.8 Å². The van der Waals surface area contributed by atoms with Gasteiger partial charge in [0.15, 0.2) is 0 Å². The molecule has 0 saturated carbocycles. The van der Waals surface area contributed by atoms with Crippen molar-refractivity contribution in [1.29, 1.82) is 0 Å². The van der Waals surface area contributed by atoms with Gasteiger partial charge in [0.1, 0.15) is 0 Å². The molecule has 7 heteroatoms. The molecule has 0 bridgehead atoms. The topological polar surface area (TPSA) is 83.9 Å². The third kappa shape index (κ3) is 3.17. The highest BCUT2D eigenvalue weighted by Gasteiger charge is 2.40.